The maximum Gasteiger partial charge on any atom is 0.168 e. The Morgan fingerprint density at radius 2 is 1.95 bits per heavy atom. The molecule has 2 heterocycles. The van der Waals surface area contributed by atoms with Crippen molar-refractivity contribution >= 4 is 22.6 Å². The standard InChI is InChI=1S/C13H11N5O/c1-8(19)9-2-4-10(5-3-9)18-13-11(6-17-18)12(14)15-7-16-13/h2-7H,1H3,(H2,14,15,16). The van der Waals surface area contributed by atoms with Crippen molar-refractivity contribution in [2.75, 3.05) is 5.73 Å². The molecule has 94 valence electrons. The van der Waals surface area contributed by atoms with E-state index in [1.54, 1.807) is 23.0 Å². The Morgan fingerprint density at radius 1 is 1.21 bits per heavy atom. The second-order valence-electron chi connectivity index (χ2n) is 4.16. The molecule has 2 aromatic heterocycles. The summed E-state index contributed by atoms with van der Waals surface area (Å²) < 4.78 is 1.66. The Balaban J connectivity index is 2.14. The zero-order valence-corrected chi connectivity index (χ0v) is 10.2. The molecule has 1 aromatic carbocycles. The smallest absolute Gasteiger partial charge is 0.168 e. The normalized spacial score (nSPS) is 10.8. The maximum absolute atomic E-state index is 11.2. The van der Waals surface area contributed by atoms with Gasteiger partial charge in [0.2, 0.25) is 0 Å². The van der Waals surface area contributed by atoms with Gasteiger partial charge in [0.1, 0.15) is 12.1 Å². The van der Waals surface area contributed by atoms with Crippen LogP contribution in [0.15, 0.2) is 36.8 Å². The Morgan fingerprint density at radius 3 is 2.63 bits per heavy atom. The van der Waals surface area contributed by atoms with Crippen LogP contribution in [0.3, 0.4) is 0 Å². The van der Waals surface area contributed by atoms with E-state index < -0.39 is 0 Å². The predicted octanol–water partition coefficient (Wildman–Crippen LogP) is 1.60. The number of nitrogen functional groups attached to an aromatic ring is 1. The van der Waals surface area contributed by atoms with Crippen LogP contribution < -0.4 is 5.73 Å². The number of aromatic nitrogens is 4. The first-order valence-corrected chi connectivity index (χ1v) is 5.72. The van der Waals surface area contributed by atoms with Crippen LogP contribution in [0.5, 0.6) is 0 Å². The second-order valence-corrected chi connectivity index (χ2v) is 4.16. The number of anilines is 1. The van der Waals surface area contributed by atoms with Gasteiger partial charge in [-0.3, -0.25) is 4.79 Å². The molecular weight excluding hydrogens is 242 g/mol. The summed E-state index contributed by atoms with van der Waals surface area (Å²) in [5.74, 6) is 0.431. The molecule has 0 aliphatic heterocycles. The van der Waals surface area contributed by atoms with Crippen molar-refractivity contribution < 1.29 is 4.79 Å². The van der Waals surface area contributed by atoms with E-state index in [1.807, 2.05) is 12.1 Å². The van der Waals surface area contributed by atoms with Gasteiger partial charge in [-0.05, 0) is 31.2 Å². The lowest BCUT2D eigenvalue weighted by atomic mass is 10.1. The highest BCUT2D eigenvalue weighted by Crippen LogP contribution is 2.19. The van der Waals surface area contributed by atoms with E-state index in [-0.39, 0.29) is 5.78 Å². The minimum atomic E-state index is 0.0310. The van der Waals surface area contributed by atoms with Gasteiger partial charge in [0.25, 0.3) is 0 Å². The number of carbonyl (C=O) groups excluding carboxylic acids is 1. The molecule has 2 N–H and O–H groups in total. The molecule has 3 aromatic rings. The molecule has 0 spiro atoms. The van der Waals surface area contributed by atoms with E-state index in [0.29, 0.717) is 22.4 Å². The van der Waals surface area contributed by atoms with Gasteiger partial charge in [0, 0.05) is 5.56 Å². The van der Waals surface area contributed by atoms with Crippen molar-refractivity contribution in [3.05, 3.63) is 42.4 Å². The van der Waals surface area contributed by atoms with E-state index in [4.69, 9.17) is 5.73 Å². The summed E-state index contributed by atoms with van der Waals surface area (Å²) in [6.45, 7) is 1.53. The average molecular weight is 253 g/mol. The lowest BCUT2D eigenvalue weighted by Gasteiger charge is -2.03. The number of hydrogen-bond donors (Lipinski definition) is 1. The molecule has 0 fully saturated rings. The second kappa shape index (κ2) is 4.16. The zero-order chi connectivity index (χ0) is 13.4. The van der Waals surface area contributed by atoms with Gasteiger partial charge in [-0.2, -0.15) is 5.10 Å². The van der Waals surface area contributed by atoms with Crippen LogP contribution in [-0.2, 0) is 0 Å². The molecule has 0 unspecified atom stereocenters. The molecule has 0 radical (unpaired) electrons. The third-order valence-electron chi connectivity index (χ3n) is 2.92. The van der Waals surface area contributed by atoms with Crippen molar-refractivity contribution in [3.63, 3.8) is 0 Å². The minimum Gasteiger partial charge on any atom is -0.383 e. The molecule has 0 amide bonds. The summed E-state index contributed by atoms with van der Waals surface area (Å²) >= 11 is 0. The highest BCUT2D eigenvalue weighted by atomic mass is 16.1. The van der Waals surface area contributed by atoms with Gasteiger partial charge >= 0.3 is 0 Å². The van der Waals surface area contributed by atoms with Crippen LogP contribution in [0.4, 0.5) is 5.82 Å². The molecule has 0 saturated heterocycles. The summed E-state index contributed by atoms with van der Waals surface area (Å²) in [5, 5.41) is 4.96. The summed E-state index contributed by atoms with van der Waals surface area (Å²) in [5.41, 5.74) is 7.88. The van der Waals surface area contributed by atoms with Gasteiger partial charge in [0.05, 0.1) is 17.3 Å². The molecule has 0 aliphatic carbocycles. The lowest BCUT2D eigenvalue weighted by Crippen LogP contribution is -2.00. The van der Waals surface area contributed by atoms with Crippen molar-refractivity contribution in [3.8, 4) is 5.69 Å². The zero-order valence-electron chi connectivity index (χ0n) is 10.2. The van der Waals surface area contributed by atoms with Crippen LogP contribution in [0.2, 0.25) is 0 Å². The van der Waals surface area contributed by atoms with E-state index in [2.05, 4.69) is 15.1 Å². The van der Waals surface area contributed by atoms with Gasteiger partial charge in [-0.1, -0.05) is 0 Å². The molecule has 6 nitrogen and oxygen atoms in total. The number of hydrogen-bond acceptors (Lipinski definition) is 5. The van der Waals surface area contributed by atoms with Crippen molar-refractivity contribution in [2.45, 2.75) is 6.92 Å². The average Bonchev–Trinajstić information content (AvgIpc) is 2.84. The Hall–Kier alpha value is -2.76. The lowest BCUT2D eigenvalue weighted by molar-refractivity contribution is 0.101. The number of fused-ring (bicyclic) bond motifs is 1. The largest absolute Gasteiger partial charge is 0.383 e. The number of nitrogens with two attached hydrogens (primary N) is 1. The van der Waals surface area contributed by atoms with Crippen LogP contribution in [-0.4, -0.2) is 25.5 Å². The first-order valence-electron chi connectivity index (χ1n) is 5.72. The molecule has 0 aliphatic rings. The van der Waals surface area contributed by atoms with E-state index in [0.717, 1.165) is 5.69 Å². The number of carbonyl (C=O) groups is 1. The third-order valence-corrected chi connectivity index (χ3v) is 2.92. The quantitative estimate of drug-likeness (QED) is 0.701. The Labute approximate surface area is 108 Å². The van der Waals surface area contributed by atoms with E-state index in [9.17, 15) is 4.79 Å². The molecule has 0 saturated carbocycles. The molecule has 19 heavy (non-hydrogen) atoms. The van der Waals surface area contributed by atoms with Crippen LogP contribution in [0, 0.1) is 0 Å². The van der Waals surface area contributed by atoms with Crippen molar-refractivity contribution in [1.82, 2.24) is 19.7 Å². The molecule has 6 heteroatoms. The molecule has 0 atom stereocenters. The molecular formula is C13H11N5O. The minimum absolute atomic E-state index is 0.0310. The predicted molar refractivity (Wildman–Crippen MR) is 71.1 cm³/mol. The first-order chi connectivity index (χ1) is 9.16. The fourth-order valence-corrected chi connectivity index (χ4v) is 1.89. The van der Waals surface area contributed by atoms with Crippen LogP contribution >= 0.6 is 0 Å². The summed E-state index contributed by atoms with van der Waals surface area (Å²) in [7, 11) is 0. The van der Waals surface area contributed by atoms with E-state index in [1.165, 1.54) is 13.3 Å². The van der Waals surface area contributed by atoms with Gasteiger partial charge in [-0.25, -0.2) is 14.6 Å². The van der Waals surface area contributed by atoms with Crippen molar-refractivity contribution in [1.29, 1.82) is 0 Å². The van der Waals surface area contributed by atoms with Crippen LogP contribution in [0.25, 0.3) is 16.7 Å². The summed E-state index contributed by atoms with van der Waals surface area (Å²) in [6, 6.07) is 7.16. The van der Waals surface area contributed by atoms with Gasteiger partial charge in [-0.15, -0.1) is 0 Å². The van der Waals surface area contributed by atoms with Gasteiger partial charge in [0.15, 0.2) is 11.4 Å². The van der Waals surface area contributed by atoms with Crippen molar-refractivity contribution in [2.24, 2.45) is 0 Å². The van der Waals surface area contributed by atoms with Gasteiger partial charge < -0.3 is 5.73 Å². The molecule has 0 bridgehead atoms. The molecule has 3 rings (SSSR count). The fraction of sp³-hybridized carbons (Fsp3) is 0.0769. The fourth-order valence-electron chi connectivity index (χ4n) is 1.89. The maximum atomic E-state index is 11.2. The highest BCUT2D eigenvalue weighted by Gasteiger charge is 2.09. The number of rotatable bonds is 2. The Kier molecular flexibility index (Phi) is 2.49. The van der Waals surface area contributed by atoms with Crippen LogP contribution in [0.1, 0.15) is 17.3 Å². The highest BCUT2D eigenvalue weighted by molar-refractivity contribution is 5.94. The summed E-state index contributed by atoms with van der Waals surface area (Å²) in [4.78, 5) is 19.3. The number of Topliss-reactive ketones (excluding diaryl/α,β-unsaturated/α-hetero) is 1. The number of nitrogens with zero attached hydrogens (tertiary/aromatic N) is 4. The first kappa shape index (κ1) is 11.3. The number of ketones is 1. The monoisotopic (exact) mass is 253 g/mol. The third kappa shape index (κ3) is 1.83. The topological polar surface area (TPSA) is 86.7 Å². The SMILES string of the molecule is CC(=O)c1ccc(-n2ncc3c(N)ncnc32)cc1. The summed E-state index contributed by atoms with van der Waals surface area (Å²) in [6.07, 6.45) is 3.03. The van der Waals surface area contributed by atoms with E-state index >= 15 is 0 Å². The number of benzene rings is 1. The Bertz CT molecular complexity index is 760.